The Balaban J connectivity index is 2.15. The molecule has 25 heavy (non-hydrogen) atoms. The van der Waals surface area contributed by atoms with Gasteiger partial charge in [0.2, 0.25) is 0 Å². The number of thioether (sulfide) groups is 1. The van der Waals surface area contributed by atoms with Gasteiger partial charge in [-0.3, -0.25) is 0 Å². The molecule has 0 aliphatic rings. The average Bonchev–Trinajstić information content (AvgIpc) is 2.53. The van der Waals surface area contributed by atoms with E-state index in [2.05, 4.69) is 4.99 Å². The molecule has 0 fully saturated rings. The third-order valence-electron chi connectivity index (χ3n) is 3.57. The normalized spacial score (nSPS) is 12.0. The fraction of sp³-hybridized carbons (Fsp3) is 0.316. The Labute approximate surface area is 150 Å². The maximum absolute atomic E-state index is 12.8. The zero-order valence-electron chi connectivity index (χ0n) is 14.7. The summed E-state index contributed by atoms with van der Waals surface area (Å²) in [6, 6.07) is 9.53. The highest BCUT2D eigenvalue weighted by atomic mass is 32.2. The Morgan fingerprint density at radius 3 is 2.44 bits per heavy atom. The quantitative estimate of drug-likeness (QED) is 0.375. The SMILES string of the molecule is Cc1cc(SCc2cccc(C(F)(F)F)c2)c(C)cc1N=CN(C)C. The van der Waals surface area contributed by atoms with Crippen LogP contribution in [-0.2, 0) is 11.9 Å². The highest BCUT2D eigenvalue weighted by Crippen LogP contribution is 2.34. The van der Waals surface area contributed by atoms with E-state index in [4.69, 9.17) is 0 Å². The van der Waals surface area contributed by atoms with E-state index in [0.717, 1.165) is 27.8 Å². The topological polar surface area (TPSA) is 15.6 Å². The molecule has 0 aliphatic carbocycles. The summed E-state index contributed by atoms with van der Waals surface area (Å²) in [5.41, 5.74) is 3.05. The van der Waals surface area contributed by atoms with Crippen LogP contribution in [0.3, 0.4) is 0 Å². The average molecular weight is 366 g/mol. The first-order valence-corrected chi connectivity index (χ1v) is 8.76. The van der Waals surface area contributed by atoms with Crippen molar-refractivity contribution >= 4 is 23.8 Å². The van der Waals surface area contributed by atoms with Crippen molar-refractivity contribution in [1.29, 1.82) is 0 Å². The Morgan fingerprint density at radius 1 is 1.08 bits per heavy atom. The molecule has 134 valence electrons. The lowest BCUT2D eigenvalue weighted by atomic mass is 10.1. The second kappa shape index (κ2) is 7.95. The van der Waals surface area contributed by atoms with Gasteiger partial charge in [0.1, 0.15) is 0 Å². The van der Waals surface area contributed by atoms with Crippen LogP contribution >= 0.6 is 11.8 Å². The maximum Gasteiger partial charge on any atom is 0.416 e. The molecule has 0 aliphatic heterocycles. The first-order chi connectivity index (χ1) is 11.7. The molecule has 0 unspecified atom stereocenters. The molecule has 0 amide bonds. The van der Waals surface area contributed by atoms with Crippen LogP contribution in [0.15, 0.2) is 46.3 Å². The molecule has 2 aromatic rings. The molecule has 0 saturated carbocycles. The van der Waals surface area contributed by atoms with Gasteiger partial charge < -0.3 is 4.90 Å². The zero-order chi connectivity index (χ0) is 18.6. The minimum absolute atomic E-state index is 0.491. The van der Waals surface area contributed by atoms with Crippen LogP contribution in [0, 0.1) is 13.8 Å². The van der Waals surface area contributed by atoms with Gasteiger partial charge in [0.25, 0.3) is 0 Å². The largest absolute Gasteiger partial charge is 0.416 e. The lowest BCUT2D eigenvalue weighted by molar-refractivity contribution is -0.137. The summed E-state index contributed by atoms with van der Waals surface area (Å²) < 4.78 is 38.4. The molecule has 0 N–H and O–H groups in total. The third kappa shape index (κ3) is 5.53. The summed E-state index contributed by atoms with van der Waals surface area (Å²) in [7, 11) is 3.82. The lowest BCUT2D eigenvalue weighted by Crippen LogP contribution is -2.07. The van der Waals surface area contributed by atoms with Crippen molar-refractivity contribution in [3.05, 3.63) is 58.7 Å². The van der Waals surface area contributed by atoms with Gasteiger partial charge in [-0.05, 0) is 48.7 Å². The molecule has 0 saturated heterocycles. The van der Waals surface area contributed by atoms with E-state index >= 15 is 0 Å². The number of hydrogen-bond donors (Lipinski definition) is 0. The molecular formula is C19H21F3N2S. The second-order valence-electron chi connectivity index (χ2n) is 6.10. The van der Waals surface area contributed by atoms with Crippen LogP contribution in [0.4, 0.5) is 18.9 Å². The summed E-state index contributed by atoms with van der Waals surface area (Å²) in [6.07, 6.45) is -2.56. The van der Waals surface area contributed by atoms with Gasteiger partial charge >= 0.3 is 6.18 Å². The molecule has 0 aromatic heterocycles. The first-order valence-electron chi connectivity index (χ1n) is 7.77. The van der Waals surface area contributed by atoms with Crippen molar-refractivity contribution in [1.82, 2.24) is 4.90 Å². The van der Waals surface area contributed by atoms with Gasteiger partial charge in [-0.15, -0.1) is 11.8 Å². The van der Waals surface area contributed by atoms with E-state index in [1.54, 1.807) is 12.4 Å². The summed E-state index contributed by atoms with van der Waals surface area (Å²) in [6.45, 7) is 3.97. The number of hydrogen-bond acceptors (Lipinski definition) is 2. The van der Waals surface area contributed by atoms with Gasteiger partial charge in [0.05, 0.1) is 17.6 Å². The monoisotopic (exact) mass is 366 g/mol. The van der Waals surface area contributed by atoms with Crippen LogP contribution in [0.25, 0.3) is 0 Å². The summed E-state index contributed by atoms with van der Waals surface area (Å²) in [5.74, 6) is 0.491. The van der Waals surface area contributed by atoms with Crippen molar-refractivity contribution in [2.24, 2.45) is 4.99 Å². The number of aliphatic imine (C=N–C) groups is 1. The van der Waals surface area contributed by atoms with Crippen molar-refractivity contribution in [2.45, 2.75) is 30.7 Å². The van der Waals surface area contributed by atoms with Gasteiger partial charge in [-0.25, -0.2) is 4.99 Å². The Hall–Kier alpha value is -1.95. The van der Waals surface area contributed by atoms with Crippen molar-refractivity contribution in [2.75, 3.05) is 14.1 Å². The Kier molecular flexibility index (Phi) is 6.16. The van der Waals surface area contributed by atoms with E-state index < -0.39 is 11.7 Å². The maximum atomic E-state index is 12.8. The summed E-state index contributed by atoms with van der Waals surface area (Å²) in [4.78, 5) is 7.35. The highest BCUT2D eigenvalue weighted by molar-refractivity contribution is 7.98. The molecule has 0 bridgehead atoms. The van der Waals surface area contributed by atoms with Crippen LogP contribution in [-0.4, -0.2) is 25.3 Å². The first kappa shape index (κ1) is 19.4. The minimum Gasteiger partial charge on any atom is -0.369 e. The molecule has 0 spiro atoms. The van der Waals surface area contributed by atoms with Crippen LogP contribution < -0.4 is 0 Å². The summed E-state index contributed by atoms with van der Waals surface area (Å²) >= 11 is 1.54. The molecule has 6 heteroatoms. The molecule has 0 atom stereocenters. The Morgan fingerprint density at radius 2 is 1.80 bits per heavy atom. The van der Waals surface area contributed by atoms with Crippen LogP contribution in [0.2, 0.25) is 0 Å². The van der Waals surface area contributed by atoms with Crippen molar-refractivity contribution < 1.29 is 13.2 Å². The standard InChI is InChI=1S/C19H21F3N2S/c1-13-9-18(14(2)8-17(13)23-12-24(3)4)25-11-15-6-5-7-16(10-15)19(20,21)22/h5-10,12H,11H2,1-4H3. The smallest absolute Gasteiger partial charge is 0.369 e. The van der Waals surface area contributed by atoms with E-state index in [0.29, 0.717) is 11.3 Å². The fourth-order valence-corrected chi connectivity index (χ4v) is 3.29. The number of rotatable bonds is 5. The summed E-state index contributed by atoms with van der Waals surface area (Å²) in [5, 5.41) is 0. The molecule has 2 rings (SSSR count). The number of benzene rings is 2. The fourth-order valence-electron chi connectivity index (χ4n) is 2.25. The highest BCUT2D eigenvalue weighted by Gasteiger charge is 2.30. The van der Waals surface area contributed by atoms with Crippen LogP contribution in [0.1, 0.15) is 22.3 Å². The number of halogens is 3. The van der Waals surface area contributed by atoms with E-state index in [1.807, 2.05) is 45.0 Å². The lowest BCUT2D eigenvalue weighted by Gasteiger charge is -2.11. The second-order valence-corrected chi connectivity index (χ2v) is 7.12. The third-order valence-corrected chi connectivity index (χ3v) is 4.80. The molecular weight excluding hydrogens is 345 g/mol. The number of nitrogens with zero attached hydrogens (tertiary/aromatic N) is 2. The van der Waals surface area contributed by atoms with Crippen molar-refractivity contribution in [3.63, 3.8) is 0 Å². The predicted molar refractivity (Wildman–Crippen MR) is 98.8 cm³/mol. The molecule has 2 nitrogen and oxygen atoms in total. The molecule has 0 heterocycles. The number of alkyl halides is 3. The zero-order valence-corrected chi connectivity index (χ0v) is 15.5. The van der Waals surface area contributed by atoms with Gasteiger partial charge in [-0.1, -0.05) is 18.2 Å². The van der Waals surface area contributed by atoms with Gasteiger partial charge in [0, 0.05) is 24.7 Å². The molecule has 2 aromatic carbocycles. The number of aryl methyl sites for hydroxylation is 2. The molecule has 0 radical (unpaired) electrons. The predicted octanol–water partition coefficient (Wildman–Crippen LogP) is 5.84. The van der Waals surface area contributed by atoms with E-state index in [1.165, 1.54) is 23.9 Å². The Bertz CT molecular complexity index is 768. The van der Waals surface area contributed by atoms with Crippen LogP contribution in [0.5, 0.6) is 0 Å². The van der Waals surface area contributed by atoms with E-state index in [9.17, 15) is 13.2 Å². The van der Waals surface area contributed by atoms with Crippen molar-refractivity contribution in [3.8, 4) is 0 Å². The van der Waals surface area contributed by atoms with Gasteiger partial charge in [0.15, 0.2) is 0 Å². The van der Waals surface area contributed by atoms with Gasteiger partial charge in [-0.2, -0.15) is 13.2 Å². The van der Waals surface area contributed by atoms with E-state index in [-0.39, 0.29) is 0 Å². The minimum atomic E-state index is -4.31.